The van der Waals surface area contributed by atoms with Gasteiger partial charge in [0, 0.05) is 19.7 Å². The minimum absolute atomic E-state index is 0.00504. The van der Waals surface area contributed by atoms with Crippen molar-refractivity contribution >= 4 is 17.9 Å². The smallest absolute Gasteiger partial charge is 0.200 e. The van der Waals surface area contributed by atoms with Gasteiger partial charge in [0.2, 0.25) is 5.43 Å². The summed E-state index contributed by atoms with van der Waals surface area (Å²) in [5.41, 5.74) is 0.943. The molecule has 3 nitrogen and oxygen atoms in total. The first-order valence-electron chi connectivity index (χ1n) is 8.82. The third-order valence-corrected chi connectivity index (χ3v) is 3.59. The van der Waals surface area contributed by atoms with Crippen molar-refractivity contribution in [2.45, 2.75) is 53.9 Å². The summed E-state index contributed by atoms with van der Waals surface area (Å²) in [6.07, 6.45) is 5.28. The minimum atomic E-state index is 0.00504. The lowest BCUT2D eigenvalue weighted by atomic mass is 10.2. The van der Waals surface area contributed by atoms with Gasteiger partial charge in [-0.05, 0) is 45.8 Å². The van der Waals surface area contributed by atoms with E-state index in [1.807, 2.05) is 27.8 Å². The van der Waals surface area contributed by atoms with E-state index in [0.717, 1.165) is 25.2 Å². The van der Waals surface area contributed by atoms with E-state index in [0.29, 0.717) is 4.51 Å². The average molecular weight is 341 g/mol. The molecule has 0 amide bonds. The number of nitrogens with zero attached hydrogens (tertiary/aromatic N) is 2. The van der Waals surface area contributed by atoms with Gasteiger partial charge in [-0.2, -0.15) is 0 Å². The fourth-order valence-electron chi connectivity index (χ4n) is 2.21. The Bertz CT molecular complexity index is 458. The average Bonchev–Trinajstić information content (AvgIpc) is 2.55. The molecule has 1 aromatic carbocycles. The van der Waals surface area contributed by atoms with Crippen molar-refractivity contribution in [3.8, 4) is 0 Å². The van der Waals surface area contributed by atoms with Crippen LogP contribution in [0.4, 0.5) is 5.69 Å². The molecular weight excluding hydrogens is 304 g/mol. The van der Waals surface area contributed by atoms with Gasteiger partial charge in [0.05, 0.1) is 5.69 Å². The highest BCUT2D eigenvalue weighted by Crippen LogP contribution is 2.13. The SMILES string of the molecule is C=CC.CC.CCCN(CCC)CCCN(C)c1cc(=O)c1=S. The van der Waals surface area contributed by atoms with Crippen LogP contribution in [0.1, 0.15) is 53.9 Å². The molecular formula is C19H36N2OS. The summed E-state index contributed by atoms with van der Waals surface area (Å²) in [4.78, 5) is 15.6. The van der Waals surface area contributed by atoms with Gasteiger partial charge < -0.3 is 9.80 Å². The highest BCUT2D eigenvalue weighted by molar-refractivity contribution is 7.71. The third kappa shape index (κ3) is 10.4. The zero-order valence-electron chi connectivity index (χ0n) is 16.0. The van der Waals surface area contributed by atoms with Crippen molar-refractivity contribution in [1.82, 2.24) is 4.90 Å². The van der Waals surface area contributed by atoms with Gasteiger partial charge in [-0.1, -0.05) is 46.0 Å². The normalized spacial score (nSPS) is 9.70. The molecule has 23 heavy (non-hydrogen) atoms. The van der Waals surface area contributed by atoms with E-state index in [1.165, 1.54) is 25.9 Å². The molecule has 0 heterocycles. The van der Waals surface area contributed by atoms with E-state index in [4.69, 9.17) is 12.2 Å². The first kappa shape index (κ1) is 24.3. The highest BCUT2D eigenvalue weighted by atomic mass is 32.1. The Morgan fingerprint density at radius 3 is 1.96 bits per heavy atom. The Labute approximate surface area is 148 Å². The molecule has 0 aliphatic rings. The quantitative estimate of drug-likeness (QED) is 0.475. The lowest BCUT2D eigenvalue weighted by molar-refractivity contribution is 0.272. The second kappa shape index (κ2) is 15.9. The second-order valence-electron chi connectivity index (χ2n) is 5.25. The first-order chi connectivity index (χ1) is 11.0. The van der Waals surface area contributed by atoms with Gasteiger partial charge in [-0.15, -0.1) is 6.58 Å². The van der Waals surface area contributed by atoms with Crippen LogP contribution in [0, 0.1) is 4.51 Å². The molecule has 0 atom stereocenters. The first-order valence-corrected chi connectivity index (χ1v) is 9.23. The van der Waals surface area contributed by atoms with Gasteiger partial charge in [-0.25, -0.2) is 0 Å². The molecule has 0 N–H and O–H groups in total. The van der Waals surface area contributed by atoms with Crippen LogP contribution < -0.4 is 10.3 Å². The standard InChI is InChI=1S/C14H24N2OS.C3H6.C2H6/c1-4-7-16(8-5-2)10-6-9-15(3)12-11-13(17)14(12)18;1-3-2;1-2/h11H,4-10H2,1-3H3;3H,1H2,2H3;1-2H3. The Balaban J connectivity index is 0. The molecule has 0 aromatic heterocycles. The fraction of sp³-hybridized carbons (Fsp3) is 0.684. The molecule has 1 rings (SSSR count). The minimum Gasteiger partial charge on any atom is -0.373 e. The van der Waals surface area contributed by atoms with Gasteiger partial charge in [0.25, 0.3) is 0 Å². The monoisotopic (exact) mass is 340 g/mol. The molecule has 0 spiro atoms. The van der Waals surface area contributed by atoms with Crippen LogP contribution in [0.15, 0.2) is 23.5 Å². The summed E-state index contributed by atoms with van der Waals surface area (Å²) >= 11 is 5.02. The fourth-order valence-corrected chi connectivity index (χ4v) is 2.48. The maximum Gasteiger partial charge on any atom is 0.200 e. The van der Waals surface area contributed by atoms with Crippen molar-refractivity contribution in [3.05, 3.63) is 33.5 Å². The topological polar surface area (TPSA) is 23.6 Å². The lowest BCUT2D eigenvalue weighted by Gasteiger charge is -2.24. The maximum atomic E-state index is 11.0. The van der Waals surface area contributed by atoms with Crippen LogP contribution >= 0.6 is 12.2 Å². The predicted molar refractivity (Wildman–Crippen MR) is 108 cm³/mol. The number of hydrogen-bond donors (Lipinski definition) is 0. The molecule has 0 unspecified atom stereocenters. The van der Waals surface area contributed by atoms with Gasteiger partial charge in [0.1, 0.15) is 4.51 Å². The zero-order valence-corrected chi connectivity index (χ0v) is 16.8. The van der Waals surface area contributed by atoms with E-state index < -0.39 is 0 Å². The molecule has 0 saturated heterocycles. The summed E-state index contributed by atoms with van der Waals surface area (Å²) in [6, 6.07) is 1.64. The predicted octanol–water partition coefficient (Wildman–Crippen LogP) is 4.82. The third-order valence-electron chi connectivity index (χ3n) is 3.18. The van der Waals surface area contributed by atoms with Crippen LogP contribution in [-0.4, -0.2) is 38.1 Å². The summed E-state index contributed by atoms with van der Waals surface area (Å²) in [7, 11) is 2.01. The van der Waals surface area contributed by atoms with E-state index in [9.17, 15) is 4.79 Å². The molecule has 0 fully saturated rings. The van der Waals surface area contributed by atoms with Crippen LogP contribution in [0.5, 0.6) is 0 Å². The Morgan fingerprint density at radius 1 is 1.13 bits per heavy atom. The second-order valence-corrected chi connectivity index (χ2v) is 5.66. The van der Waals surface area contributed by atoms with E-state index in [1.54, 1.807) is 12.1 Å². The molecule has 4 heteroatoms. The van der Waals surface area contributed by atoms with E-state index >= 15 is 0 Å². The summed E-state index contributed by atoms with van der Waals surface area (Å²) in [5.74, 6) is 0. The molecule has 0 saturated carbocycles. The summed E-state index contributed by atoms with van der Waals surface area (Å²) in [5, 5.41) is 0. The van der Waals surface area contributed by atoms with Gasteiger partial charge in [-0.3, -0.25) is 4.79 Å². The van der Waals surface area contributed by atoms with Crippen LogP contribution in [0.2, 0.25) is 0 Å². The largest absolute Gasteiger partial charge is 0.373 e. The molecule has 134 valence electrons. The van der Waals surface area contributed by atoms with Gasteiger partial charge in [0.15, 0.2) is 0 Å². The molecule has 0 radical (unpaired) electrons. The van der Waals surface area contributed by atoms with Crippen molar-refractivity contribution in [2.24, 2.45) is 0 Å². The number of rotatable bonds is 9. The molecule has 1 aromatic rings. The number of allylic oxidation sites excluding steroid dienone is 1. The Hall–Kier alpha value is -1.00. The van der Waals surface area contributed by atoms with Crippen molar-refractivity contribution in [2.75, 3.05) is 38.1 Å². The van der Waals surface area contributed by atoms with Crippen molar-refractivity contribution < 1.29 is 0 Å². The Morgan fingerprint density at radius 2 is 1.61 bits per heavy atom. The van der Waals surface area contributed by atoms with Gasteiger partial charge >= 0.3 is 0 Å². The van der Waals surface area contributed by atoms with Crippen LogP contribution in [0.25, 0.3) is 0 Å². The van der Waals surface area contributed by atoms with Crippen molar-refractivity contribution in [3.63, 3.8) is 0 Å². The van der Waals surface area contributed by atoms with Crippen molar-refractivity contribution in [1.29, 1.82) is 0 Å². The van der Waals surface area contributed by atoms with Crippen LogP contribution in [0.3, 0.4) is 0 Å². The number of hydrogen-bond acceptors (Lipinski definition) is 4. The maximum absolute atomic E-state index is 11.0. The van der Waals surface area contributed by atoms with E-state index in [-0.39, 0.29) is 5.43 Å². The number of anilines is 1. The summed E-state index contributed by atoms with van der Waals surface area (Å²) < 4.78 is 0.497. The van der Waals surface area contributed by atoms with E-state index in [2.05, 4.69) is 30.2 Å². The lowest BCUT2D eigenvalue weighted by Crippen LogP contribution is -2.31. The molecule has 0 aliphatic carbocycles. The summed E-state index contributed by atoms with van der Waals surface area (Å²) in [6.45, 7) is 18.1. The highest BCUT2D eigenvalue weighted by Gasteiger charge is 2.10. The Kier molecular flexibility index (Phi) is 16.7. The molecule has 0 bridgehead atoms. The van der Waals surface area contributed by atoms with Crippen LogP contribution in [-0.2, 0) is 0 Å². The molecule has 0 aliphatic heterocycles. The zero-order chi connectivity index (χ0) is 18.3.